The van der Waals surface area contributed by atoms with Gasteiger partial charge < -0.3 is 14.8 Å². The van der Waals surface area contributed by atoms with Crippen LogP contribution in [0.15, 0.2) is 23.1 Å². The van der Waals surface area contributed by atoms with Gasteiger partial charge in [-0.25, -0.2) is 17.9 Å². The van der Waals surface area contributed by atoms with Gasteiger partial charge in [0.1, 0.15) is 6.54 Å². The lowest BCUT2D eigenvalue weighted by Crippen LogP contribution is -2.40. The molecule has 1 amide bonds. The highest BCUT2D eigenvalue weighted by Gasteiger charge is 2.30. The summed E-state index contributed by atoms with van der Waals surface area (Å²) in [6.07, 6.45) is -0.684. The summed E-state index contributed by atoms with van der Waals surface area (Å²) < 4.78 is 36.0. The van der Waals surface area contributed by atoms with E-state index in [9.17, 15) is 22.8 Å². The third-order valence-electron chi connectivity index (χ3n) is 3.80. The van der Waals surface area contributed by atoms with Gasteiger partial charge in [0.25, 0.3) is 0 Å². The average Bonchev–Trinajstić information content (AvgIpc) is 2.98. The normalized spacial score (nSPS) is 16.8. The van der Waals surface area contributed by atoms with E-state index in [0.717, 1.165) is 11.1 Å². The van der Waals surface area contributed by atoms with Crippen LogP contribution < -0.4 is 10.0 Å². The molecule has 26 heavy (non-hydrogen) atoms. The van der Waals surface area contributed by atoms with Gasteiger partial charge in [-0.1, -0.05) is 6.07 Å². The first-order valence-electron chi connectivity index (χ1n) is 7.89. The van der Waals surface area contributed by atoms with E-state index in [1.807, 2.05) is 6.92 Å². The fourth-order valence-electron chi connectivity index (χ4n) is 2.14. The minimum Gasteiger partial charge on any atom is -0.463 e. The van der Waals surface area contributed by atoms with Gasteiger partial charge >= 0.3 is 11.9 Å². The topological polar surface area (TPSA) is 128 Å². The maximum absolute atomic E-state index is 12.2. The number of esters is 2. The zero-order chi connectivity index (χ0) is 19.3. The van der Waals surface area contributed by atoms with Crippen molar-refractivity contribution in [2.24, 2.45) is 0 Å². The largest absolute Gasteiger partial charge is 0.463 e. The van der Waals surface area contributed by atoms with Crippen molar-refractivity contribution in [2.75, 3.05) is 19.7 Å². The summed E-state index contributed by atoms with van der Waals surface area (Å²) >= 11 is 0. The molecule has 1 atom stereocenters. The van der Waals surface area contributed by atoms with E-state index in [0.29, 0.717) is 0 Å². The summed E-state index contributed by atoms with van der Waals surface area (Å²) in [4.78, 5) is 34.5. The molecule has 1 unspecified atom stereocenters. The van der Waals surface area contributed by atoms with E-state index in [1.165, 1.54) is 12.1 Å². The molecule has 0 spiro atoms. The van der Waals surface area contributed by atoms with Crippen LogP contribution >= 0.6 is 0 Å². The zero-order valence-electron chi connectivity index (χ0n) is 14.4. The van der Waals surface area contributed by atoms with E-state index in [-0.39, 0.29) is 17.9 Å². The number of benzene rings is 1. The van der Waals surface area contributed by atoms with E-state index in [4.69, 9.17) is 4.74 Å². The minimum atomic E-state index is -3.85. The number of rotatable bonds is 7. The van der Waals surface area contributed by atoms with Gasteiger partial charge in [-0.2, -0.15) is 0 Å². The number of hydrogen-bond donors (Lipinski definition) is 2. The first-order valence-corrected chi connectivity index (χ1v) is 9.37. The highest BCUT2D eigenvalue weighted by Crippen LogP contribution is 2.14. The smallest absolute Gasteiger partial charge is 0.347 e. The fourth-order valence-corrected chi connectivity index (χ4v) is 3.21. The Balaban J connectivity index is 1.79. The maximum Gasteiger partial charge on any atom is 0.347 e. The summed E-state index contributed by atoms with van der Waals surface area (Å²) in [6.45, 7) is 2.81. The van der Waals surface area contributed by atoms with Crippen molar-refractivity contribution >= 4 is 27.9 Å². The summed E-state index contributed by atoms with van der Waals surface area (Å²) in [5.74, 6) is -2.13. The second-order valence-corrected chi connectivity index (χ2v) is 7.55. The van der Waals surface area contributed by atoms with Crippen molar-refractivity contribution in [1.82, 2.24) is 10.0 Å². The summed E-state index contributed by atoms with van der Waals surface area (Å²) in [7, 11) is -3.85. The monoisotopic (exact) mass is 384 g/mol. The molecule has 1 heterocycles. The molecule has 0 radical (unpaired) electrons. The molecule has 142 valence electrons. The Morgan fingerprint density at radius 2 is 1.96 bits per heavy atom. The van der Waals surface area contributed by atoms with Crippen LogP contribution in [0.4, 0.5) is 0 Å². The number of nitrogens with one attached hydrogen (secondary N) is 2. The van der Waals surface area contributed by atoms with Gasteiger partial charge in [0, 0.05) is 6.42 Å². The molecule has 1 fully saturated rings. The number of hydrogen-bond acceptors (Lipinski definition) is 7. The fraction of sp³-hybridized carbons (Fsp3) is 0.438. The molecule has 2 N–H and O–H groups in total. The van der Waals surface area contributed by atoms with Crippen LogP contribution in [0.3, 0.4) is 0 Å². The molecule has 1 aromatic rings. The van der Waals surface area contributed by atoms with E-state index >= 15 is 0 Å². The van der Waals surface area contributed by atoms with Crippen LogP contribution in [0.25, 0.3) is 0 Å². The predicted molar refractivity (Wildman–Crippen MR) is 89.6 cm³/mol. The molecule has 1 saturated heterocycles. The second kappa shape index (κ2) is 8.28. The van der Waals surface area contributed by atoms with Crippen LogP contribution in [0.5, 0.6) is 0 Å². The Bertz CT molecular complexity index is 820. The van der Waals surface area contributed by atoms with Crippen molar-refractivity contribution in [3.8, 4) is 0 Å². The highest BCUT2D eigenvalue weighted by atomic mass is 32.2. The molecular weight excluding hydrogens is 364 g/mol. The van der Waals surface area contributed by atoms with Crippen molar-refractivity contribution in [2.45, 2.75) is 31.3 Å². The third-order valence-corrected chi connectivity index (χ3v) is 5.20. The Hall–Kier alpha value is -2.46. The van der Waals surface area contributed by atoms with Crippen LogP contribution in [0.2, 0.25) is 0 Å². The summed E-state index contributed by atoms with van der Waals surface area (Å²) in [6, 6.07) is 4.63. The third kappa shape index (κ3) is 5.27. The average molecular weight is 384 g/mol. The first kappa shape index (κ1) is 19.9. The number of aryl methyl sites for hydroxylation is 2. The number of carbonyl (C=O) groups is 3. The van der Waals surface area contributed by atoms with E-state index < -0.39 is 47.1 Å². The molecular formula is C16H20N2O7S. The van der Waals surface area contributed by atoms with Gasteiger partial charge in [0.15, 0.2) is 0 Å². The molecule has 0 bridgehead atoms. The molecule has 0 aliphatic carbocycles. The van der Waals surface area contributed by atoms with Gasteiger partial charge in [-0.3, -0.25) is 9.59 Å². The van der Waals surface area contributed by atoms with Crippen LogP contribution in [0.1, 0.15) is 17.5 Å². The van der Waals surface area contributed by atoms with Crippen molar-refractivity contribution in [1.29, 1.82) is 0 Å². The lowest BCUT2D eigenvalue weighted by Gasteiger charge is -2.10. The SMILES string of the molecule is Cc1ccc(S(=O)(=O)NCC(=O)NCC(=O)OC2CCOC2=O)cc1C. The van der Waals surface area contributed by atoms with Gasteiger partial charge in [-0.15, -0.1) is 0 Å². The standard InChI is InChI=1S/C16H20N2O7S/c1-10-3-4-12(7-11(10)2)26(22,23)18-8-14(19)17-9-15(20)25-13-5-6-24-16(13)21/h3-4,7,13,18H,5-6,8-9H2,1-2H3,(H,17,19). The molecule has 10 heteroatoms. The highest BCUT2D eigenvalue weighted by molar-refractivity contribution is 7.89. The lowest BCUT2D eigenvalue weighted by molar-refractivity contribution is -0.159. The summed E-state index contributed by atoms with van der Waals surface area (Å²) in [5, 5.41) is 2.22. The quantitative estimate of drug-likeness (QED) is 0.610. The predicted octanol–water partition coefficient (Wildman–Crippen LogP) is -0.443. The van der Waals surface area contributed by atoms with Crippen molar-refractivity contribution in [3.63, 3.8) is 0 Å². The Morgan fingerprint density at radius 1 is 1.23 bits per heavy atom. The maximum atomic E-state index is 12.2. The Morgan fingerprint density at radius 3 is 2.58 bits per heavy atom. The Labute approximate surface area is 151 Å². The van der Waals surface area contributed by atoms with Gasteiger partial charge in [0.05, 0.1) is 18.0 Å². The van der Waals surface area contributed by atoms with Crippen molar-refractivity contribution < 1.29 is 32.3 Å². The molecule has 0 aromatic heterocycles. The molecule has 0 saturated carbocycles. The molecule has 2 rings (SSSR count). The molecule has 9 nitrogen and oxygen atoms in total. The molecule has 1 aliphatic rings. The summed E-state index contributed by atoms with van der Waals surface area (Å²) in [5.41, 5.74) is 1.76. The van der Waals surface area contributed by atoms with E-state index in [2.05, 4.69) is 14.8 Å². The number of ether oxygens (including phenoxy) is 2. The number of amides is 1. The lowest BCUT2D eigenvalue weighted by atomic mass is 10.1. The number of sulfonamides is 1. The molecule has 1 aliphatic heterocycles. The van der Waals surface area contributed by atoms with Gasteiger partial charge in [0.2, 0.25) is 22.0 Å². The number of carbonyl (C=O) groups excluding carboxylic acids is 3. The zero-order valence-corrected chi connectivity index (χ0v) is 15.2. The first-order chi connectivity index (χ1) is 12.2. The van der Waals surface area contributed by atoms with E-state index in [1.54, 1.807) is 13.0 Å². The number of cyclic esters (lactones) is 1. The van der Waals surface area contributed by atoms with Crippen molar-refractivity contribution in [3.05, 3.63) is 29.3 Å². The second-order valence-electron chi connectivity index (χ2n) is 5.78. The van der Waals surface area contributed by atoms with Crippen LogP contribution in [-0.4, -0.2) is 52.1 Å². The minimum absolute atomic E-state index is 0.0487. The van der Waals surface area contributed by atoms with Crippen LogP contribution in [0, 0.1) is 13.8 Å². The molecule has 1 aromatic carbocycles. The van der Waals surface area contributed by atoms with Crippen LogP contribution in [-0.2, 0) is 33.9 Å². The van der Waals surface area contributed by atoms with Gasteiger partial charge in [-0.05, 0) is 37.1 Å². The Kier molecular flexibility index (Phi) is 6.32.